The molecule has 0 aromatic heterocycles. The van der Waals surface area contributed by atoms with Crippen molar-refractivity contribution in [2.45, 2.75) is 71.6 Å². The third-order valence-corrected chi connectivity index (χ3v) is 3.71. The second kappa shape index (κ2) is 13.9. The van der Waals surface area contributed by atoms with E-state index in [2.05, 4.69) is 24.5 Å². The molecule has 0 atom stereocenters. The highest BCUT2D eigenvalue weighted by Gasteiger charge is 2.07. The van der Waals surface area contributed by atoms with Gasteiger partial charge < -0.3 is 10.6 Å². The van der Waals surface area contributed by atoms with Crippen LogP contribution < -0.4 is 10.6 Å². The van der Waals surface area contributed by atoms with Crippen LogP contribution in [0.4, 0.5) is 0 Å². The third kappa shape index (κ3) is 12.2. The summed E-state index contributed by atoms with van der Waals surface area (Å²) in [6.45, 7) is 6.40. The van der Waals surface area contributed by atoms with E-state index in [1.165, 1.54) is 51.4 Å². The van der Waals surface area contributed by atoms with Crippen LogP contribution >= 0.6 is 0 Å². The van der Waals surface area contributed by atoms with Crippen molar-refractivity contribution in [3.8, 4) is 0 Å². The van der Waals surface area contributed by atoms with Gasteiger partial charge >= 0.3 is 0 Å². The molecule has 3 heteroatoms. The number of hydrogen-bond donors (Lipinski definition) is 2. The molecule has 3 nitrogen and oxygen atoms in total. The molecule has 0 heterocycles. The Hall–Kier alpha value is -0.570. The fourth-order valence-electron chi connectivity index (χ4n) is 2.39. The summed E-state index contributed by atoms with van der Waals surface area (Å²) in [5.74, 6) is 1.04. The predicted molar refractivity (Wildman–Crippen MR) is 83.3 cm³/mol. The molecule has 19 heavy (non-hydrogen) atoms. The molecule has 0 bridgehead atoms. The summed E-state index contributed by atoms with van der Waals surface area (Å²) in [6, 6.07) is 0. The van der Waals surface area contributed by atoms with E-state index in [4.69, 9.17) is 0 Å². The number of hydrogen-bond acceptors (Lipinski definition) is 2. The largest absolute Gasteiger partial charge is 0.359 e. The quantitative estimate of drug-likeness (QED) is 0.503. The zero-order chi connectivity index (χ0) is 14.3. The van der Waals surface area contributed by atoms with Gasteiger partial charge in [0.15, 0.2) is 0 Å². The van der Waals surface area contributed by atoms with Gasteiger partial charge in [-0.1, -0.05) is 52.4 Å². The standard InChI is InChI=1S/C16H34N2O/c1-4-6-9-15(10-7-5-2)11-8-13-18-14-12-16(19)17-3/h15,18H,4-14H2,1-3H3,(H,17,19). The van der Waals surface area contributed by atoms with Crippen molar-refractivity contribution in [1.82, 2.24) is 10.6 Å². The summed E-state index contributed by atoms with van der Waals surface area (Å²) in [5, 5.41) is 6.00. The lowest BCUT2D eigenvalue weighted by molar-refractivity contribution is -0.120. The van der Waals surface area contributed by atoms with Crippen molar-refractivity contribution < 1.29 is 4.79 Å². The second-order valence-corrected chi connectivity index (χ2v) is 5.47. The first-order valence-electron chi connectivity index (χ1n) is 8.15. The van der Waals surface area contributed by atoms with Crippen molar-refractivity contribution in [1.29, 1.82) is 0 Å². The van der Waals surface area contributed by atoms with E-state index < -0.39 is 0 Å². The second-order valence-electron chi connectivity index (χ2n) is 5.47. The van der Waals surface area contributed by atoms with Crippen LogP contribution in [0.3, 0.4) is 0 Å². The van der Waals surface area contributed by atoms with Crippen molar-refractivity contribution in [2.75, 3.05) is 20.1 Å². The molecule has 0 aromatic carbocycles. The molecule has 0 rings (SSSR count). The maximum Gasteiger partial charge on any atom is 0.221 e. The Morgan fingerprint density at radius 2 is 1.53 bits per heavy atom. The molecule has 0 radical (unpaired) electrons. The van der Waals surface area contributed by atoms with Crippen LogP contribution in [-0.4, -0.2) is 26.0 Å². The number of amides is 1. The number of carbonyl (C=O) groups excluding carboxylic acids is 1. The number of unbranched alkanes of at least 4 members (excludes halogenated alkanes) is 2. The third-order valence-electron chi connectivity index (χ3n) is 3.71. The minimum absolute atomic E-state index is 0.122. The molecular formula is C16H34N2O. The topological polar surface area (TPSA) is 41.1 Å². The van der Waals surface area contributed by atoms with Crippen LogP contribution in [0.2, 0.25) is 0 Å². The van der Waals surface area contributed by atoms with Gasteiger partial charge in [0.25, 0.3) is 0 Å². The molecule has 0 aliphatic rings. The molecule has 0 saturated heterocycles. The van der Waals surface area contributed by atoms with Crippen LogP contribution in [0.1, 0.15) is 71.6 Å². The molecule has 0 saturated carbocycles. The zero-order valence-corrected chi connectivity index (χ0v) is 13.3. The molecule has 0 aliphatic carbocycles. The Bertz CT molecular complexity index is 199. The molecule has 0 fully saturated rings. The van der Waals surface area contributed by atoms with Gasteiger partial charge in [-0.3, -0.25) is 4.79 Å². The maximum atomic E-state index is 11.0. The van der Waals surface area contributed by atoms with E-state index in [1.54, 1.807) is 7.05 Å². The van der Waals surface area contributed by atoms with Gasteiger partial charge in [-0.05, 0) is 25.3 Å². The first-order valence-corrected chi connectivity index (χ1v) is 8.15. The van der Waals surface area contributed by atoms with E-state index in [9.17, 15) is 4.79 Å². The lowest BCUT2D eigenvalue weighted by Gasteiger charge is -2.16. The fourth-order valence-corrected chi connectivity index (χ4v) is 2.39. The summed E-state index contributed by atoms with van der Waals surface area (Å²) in [4.78, 5) is 11.0. The Balaban J connectivity index is 3.53. The highest BCUT2D eigenvalue weighted by Crippen LogP contribution is 2.20. The van der Waals surface area contributed by atoms with Gasteiger partial charge in [0.05, 0.1) is 0 Å². The van der Waals surface area contributed by atoms with Gasteiger partial charge in [0.2, 0.25) is 5.91 Å². The minimum Gasteiger partial charge on any atom is -0.359 e. The molecular weight excluding hydrogens is 236 g/mol. The van der Waals surface area contributed by atoms with Crippen molar-refractivity contribution in [3.63, 3.8) is 0 Å². The summed E-state index contributed by atoms with van der Waals surface area (Å²) in [6.07, 6.45) is 11.3. The first-order chi connectivity index (χ1) is 9.24. The van der Waals surface area contributed by atoms with Crippen molar-refractivity contribution in [2.24, 2.45) is 5.92 Å². The minimum atomic E-state index is 0.122. The monoisotopic (exact) mass is 270 g/mol. The molecule has 0 aliphatic heterocycles. The molecule has 2 N–H and O–H groups in total. The van der Waals surface area contributed by atoms with Gasteiger partial charge in [-0.15, -0.1) is 0 Å². The van der Waals surface area contributed by atoms with Crippen LogP contribution in [0.5, 0.6) is 0 Å². The van der Waals surface area contributed by atoms with Gasteiger partial charge in [-0.2, -0.15) is 0 Å². The van der Waals surface area contributed by atoms with Crippen LogP contribution in [0, 0.1) is 5.92 Å². The fraction of sp³-hybridized carbons (Fsp3) is 0.938. The average Bonchev–Trinajstić information content (AvgIpc) is 2.44. The highest BCUT2D eigenvalue weighted by atomic mass is 16.1. The number of carbonyl (C=O) groups is 1. The summed E-state index contributed by atoms with van der Waals surface area (Å²) in [7, 11) is 1.69. The lowest BCUT2D eigenvalue weighted by Crippen LogP contribution is -2.25. The molecule has 1 amide bonds. The zero-order valence-electron chi connectivity index (χ0n) is 13.3. The van der Waals surface area contributed by atoms with Gasteiger partial charge in [0.1, 0.15) is 0 Å². The van der Waals surface area contributed by atoms with E-state index in [0.29, 0.717) is 6.42 Å². The number of nitrogens with one attached hydrogen (secondary N) is 2. The van der Waals surface area contributed by atoms with Crippen molar-refractivity contribution in [3.05, 3.63) is 0 Å². The van der Waals surface area contributed by atoms with Crippen LogP contribution in [0.25, 0.3) is 0 Å². The first kappa shape index (κ1) is 18.4. The highest BCUT2D eigenvalue weighted by molar-refractivity contribution is 5.75. The average molecular weight is 270 g/mol. The summed E-state index contributed by atoms with van der Waals surface area (Å²) in [5.41, 5.74) is 0. The van der Waals surface area contributed by atoms with Crippen LogP contribution in [-0.2, 0) is 4.79 Å². The Morgan fingerprint density at radius 1 is 0.947 bits per heavy atom. The number of rotatable bonds is 13. The lowest BCUT2D eigenvalue weighted by atomic mass is 9.91. The molecule has 0 unspecified atom stereocenters. The van der Waals surface area contributed by atoms with E-state index >= 15 is 0 Å². The van der Waals surface area contributed by atoms with E-state index in [-0.39, 0.29) is 5.91 Å². The Labute approximate surface area is 119 Å². The van der Waals surface area contributed by atoms with E-state index in [0.717, 1.165) is 19.0 Å². The van der Waals surface area contributed by atoms with Gasteiger partial charge in [0, 0.05) is 20.0 Å². The SMILES string of the molecule is CCCCC(CCCC)CCCNCCC(=O)NC. The Kier molecular flexibility index (Phi) is 13.4. The Morgan fingerprint density at radius 3 is 2.05 bits per heavy atom. The van der Waals surface area contributed by atoms with Gasteiger partial charge in [-0.25, -0.2) is 0 Å². The maximum absolute atomic E-state index is 11.0. The normalized spacial score (nSPS) is 10.9. The molecule has 0 spiro atoms. The molecule has 114 valence electrons. The van der Waals surface area contributed by atoms with E-state index in [1.807, 2.05) is 0 Å². The molecule has 0 aromatic rings. The van der Waals surface area contributed by atoms with Crippen molar-refractivity contribution >= 4 is 5.91 Å². The van der Waals surface area contributed by atoms with Crippen LogP contribution in [0.15, 0.2) is 0 Å². The smallest absolute Gasteiger partial charge is 0.221 e. The summed E-state index contributed by atoms with van der Waals surface area (Å²) < 4.78 is 0. The predicted octanol–water partition coefficient (Wildman–Crippen LogP) is 3.49. The summed E-state index contributed by atoms with van der Waals surface area (Å²) >= 11 is 0.